The molecule has 0 amide bonds. The Balaban J connectivity index is 4.12. The van der Waals surface area contributed by atoms with E-state index in [2.05, 4.69) is 118 Å². The predicted molar refractivity (Wildman–Crippen MR) is 344 cm³/mol. The summed E-state index contributed by atoms with van der Waals surface area (Å²) in [6.45, 7) is 6.39. The van der Waals surface area contributed by atoms with Crippen LogP contribution in [0.2, 0.25) is 0 Å². The lowest BCUT2D eigenvalue weighted by Gasteiger charge is -2.18. The van der Waals surface area contributed by atoms with Crippen molar-refractivity contribution in [3.8, 4) is 0 Å². The molecule has 0 N–H and O–H groups in total. The predicted octanol–water partition coefficient (Wildman–Crippen LogP) is 23.2. The van der Waals surface area contributed by atoms with Gasteiger partial charge < -0.3 is 14.2 Å². The van der Waals surface area contributed by atoms with Gasteiger partial charge in [0.2, 0.25) is 0 Å². The number of hydrogen-bond acceptors (Lipinski definition) is 6. The minimum absolute atomic E-state index is 0.0808. The molecule has 0 radical (unpaired) electrons. The maximum absolute atomic E-state index is 12.9. The van der Waals surface area contributed by atoms with E-state index >= 15 is 0 Å². The van der Waals surface area contributed by atoms with Crippen LogP contribution in [0.3, 0.4) is 0 Å². The number of allylic oxidation sites excluding steroid dienone is 16. The molecular weight excluding hydrogens is 973 g/mol. The molecule has 1 unspecified atom stereocenters. The molecule has 0 aromatic rings. The van der Waals surface area contributed by atoms with Crippen LogP contribution in [0.25, 0.3) is 0 Å². The minimum Gasteiger partial charge on any atom is -0.462 e. The average molecular weight is 1100 g/mol. The lowest BCUT2D eigenvalue weighted by atomic mass is 10.0. The van der Waals surface area contributed by atoms with E-state index < -0.39 is 6.10 Å². The topological polar surface area (TPSA) is 78.9 Å². The van der Waals surface area contributed by atoms with Gasteiger partial charge in [0.25, 0.3) is 0 Å². The van der Waals surface area contributed by atoms with Gasteiger partial charge in [-0.3, -0.25) is 14.4 Å². The van der Waals surface area contributed by atoms with Crippen LogP contribution >= 0.6 is 0 Å². The van der Waals surface area contributed by atoms with E-state index in [1.165, 1.54) is 173 Å². The highest BCUT2D eigenvalue weighted by atomic mass is 16.6. The van der Waals surface area contributed by atoms with Crippen LogP contribution in [0.15, 0.2) is 97.2 Å². The molecule has 0 spiro atoms. The van der Waals surface area contributed by atoms with Crippen molar-refractivity contribution in [2.24, 2.45) is 0 Å². The van der Waals surface area contributed by atoms with Crippen LogP contribution < -0.4 is 0 Å². The molecule has 0 saturated heterocycles. The molecule has 0 heterocycles. The molecule has 0 aliphatic heterocycles. The molecular formula is C73H126O6. The van der Waals surface area contributed by atoms with E-state index in [0.717, 1.165) is 116 Å². The third-order valence-corrected chi connectivity index (χ3v) is 14.6. The van der Waals surface area contributed by atoms with E-state index in [0.29, 0.717) is 19.3 Å². The number of unbranched alkanes of at least 4 members (excludes halogenated alkanes) is 34. The molecule has 0 saturated carbocycles. The molecule has 0 aromatic heterocycles. The zero-order chi connectivity index (χ0) is 57.1. The maximum Gasteiger partial charge on any atom is 0.306 e. The fourth-order valence-electron chi connectivity index (χ4n) is 9.55. The number of carbonyl (C=O) groups is 3. The number of rotatable bonds is 61. The van der Waals surface area contributed by atoms with Crippen molar-refractivity contribution in [3.63, 3.8) is 0 Å². The summed E-state index contributed by atoms with van der Waals surface area (Å²) in [6, 6.07) is 0. The summed E-state index contributed by atoms with van der Waals surface area (Å²) in [5.74, 6) is -0.888. The molecule has 0 rings (SSSR count). The number of esters is 3. The quantitative estimate of drug-likeness (QED) is 0.0261. The number of hydrogen-bond donors (Lipinski definition) is 0. The van der Waals surface area contributed by atoms with Crippen molar-refractivity contribution >= 4 is 17.9 Å². The summed E-state index contributed by atoms with van der Waals surface area (Å²) < 4.78 is 16.9. The molecule has 0 aliphatic rings. The fourth-order valence-corrected chi connectivity index (χ4v) is 9.55. The maximum atomic E-state index is 12.9. The second-order valence-corrected chi connectivity index (χ2v) is 22.3. The molecule has 6 heteroatoms. The Kier molecular flexibility index (Phi) is 63.7. The van der Waals surface area contributed by atoms with Gasteiger partial charge >= 0.3 is 17.9 Å². The lowest BCUT2D eigenvalue weighted by molar-refractivity contribution is -0.167. The smallest absolute Gasteiger partial charge is 0.306 e. The second-order valence-electron chi connectivity index (χ2n) is 22.3. The molecule has 0 fully saturated rings. The summed E-state index contributed by atoms with van der Waals surface area (Å²) in [7, 11) is 0. The summed E-state index contributed by atoms with van der Waals surface area (Å²) in [6.07, 6.45) is 90.2. The first-order chi connectivity index (χ1) is 39.0. The van der Waals surface area contributed by atoms with Crippen LogP contribution in [0.5, 0.6) is 0 Å². The zero-order valence-electron chi connectivity index (χ0n) is 52.1. The highest BCUT2D eigenvalue weighted by Crippen LogP contribution is 2.17. The van der Waals surface area contributed by atoms with Gasteiger partial charge in [-0.05, 0) is 109 Å². The number of carbonyl (C=O) groups excluding carboxylic acids is 3. The first-order valence-corrected chi connectivity index (χ1v) is 33.7. The largest absolute Gasteiger partial charge is 0.462 e. The Morgan fingerprint density at radius 3 is 0.785 bits per heavy atom. The molecule has 6 nitrogen and oxygen atoms in total. The molecule has 79 heavy (non-hydrogen) atoms. The average Bonchev–Trinajstić information content (AvgIpc) is 3.45. The summed E-state index contributed by atoms with van der Waals surface area (Å²) in [5.41, 5.74) is 0. The van der Waals surface area contributed by atoms with Crippen molar-refractivity contribution in [3.05, 3.63) is 97.2 Å². The summed E-state index contributed by atoms with van der Waals surface area (Å²) >= 11 is 0. The Labute approximate surface area is 489 Å². The van der Waals surface area contributed by atoms with Gasteiger partial charge in [0.15, 0.2) is 6.10 Å². The Morgan fingerprint density at radius 1 is 0.266 bits per heavy atom. The van der Waals surface area contributed by atoms with Gasteiger partial charge in [0, 0.05) is 19.3 Å². The van der Waals surface area contributed by atoms with Gasteiger partial charge in [-0.25, -0.2) is 0 Å². The Morgan fingerprint density at radius 2 is 0.494 bits per heavy atom. The van der Waals surface area contributed by atoms with E-state index in [-0.39, 0.29) is 31.1 Å². The van der Waals surface area contributed by atoms with Crippen LogP contribution in [-0.2, 0) is 28.6 Å². The van der Waals surface area contributed by atoms with Crippen molar-refractivity contribution in [1.82, 2.24) is 0 Å². The van der Waals surface area contributed by atoms with Crippen molar-refractivity contribution in [2.75, 3.05) is 13.2 Å². The first kappa shape index (κ1) is 75.3. The summed E-state index contributed by atoms with van der Waals surface area (Å²) in [4.78, 5) is 38.3. The third-order valence-electron chi connectivity index (χ3n) is 14.6. The van der Waals surface area contributed by atoms with Crippen molar-refractivity contribution in [2.45, 2.75) is 335 Å². The first-order valence-electron chi connectivity index (χ1n) is 33.7. The highest BCUT2D eigenvalue weighted by Gasteiger charge is 2.19. The zero-order valence-corrected chi connectivity index (χ0v) is 52.1. The van der Waals surface area contributed by atoms with E-state index in [4.69, 9.17) is 14.2 Å². The van der Waals surface area contributed by atoms with Gasteiger partial charge in [-0.15, -0.1) is 0 Å². The normalized spacial score (nSPS) is 12.7. The van der Waals surface area contributed by atoms with Crippen molar-refractivity contribution in [1.29, 1.82) is 0 Å². The lowest BCUT2D eigenvalue weighted by Crippen LogP contribution is -2.30. The Hall–Kier alpha value is -3.67. The van der Waals surface area contributed by atoms with Crippen LogP contribution in [0.4, 0.5) is 0 Å². The van der Waals surface area contributed by atoms with Gasteiger partial charge in [-0.1, -0.05) is 298 Å². The highest BCUT2D eigenvalue weighted by molar-refractivity contribution is 5.71. The second kappa shape index (κ2) is 66.8. The van der Waals surface area contributed by atoms with Gasteiger partial charge in [0.1, 0.15) is 13.2 Å². The van der Waals surface area contributed by atoms with E-state index in [1.54, 1.807) is 0 Å². The van der Waals surface area contributed by atoms with E-state index in [1.807, 2.05) is 0 Å². The van der Waals surface area contributed by atoms with Crippen molar-refractivity contribution < 1.29 is 28.6 Å². The molecule has 454 valence electrons. The minimum atomic E-state index is -0.785. The standard InChI is InChI=1S/C73H126O6/c1-4-7-10-13-16-19-22-24-26-28-29-30-31-32-33-34-35-36-37-38-39-40-41-42-43-45-46-48-51-54-57-60-63-66-72(75)78-69-70(68-77-71(74)65-62-59-56-53-50-21-18-15-12-9-6-3)79-73(76)67-64-61-58-55-52-49-47-44-27-25-23-20-17-14-11-8-5-2/h7-8,10-11,15-20,24-27,29-30,70H,4-6,9,12-14,21-23,28,31-69H2,1-3H3/b10-7-,11-8-,18-15-,19-16-,20-17-,26-24-,27-25-,30-29-. The van der Waals surface area contributed by atoms with Crippen LogP contribution in [0.1, 0.15) is 329 Å². The monoisotopic (exact) mass is 1100 g/mol. The summed E-state index contributed by atoms with van der Waals surface area (Å²) in [5, 5.41) is 0. The van der Waals surface area contributed by atoms with E-state index in [9.17, 15) is 14.4 Å². The van der Waals surface area contributed by atoms with Crippen LogP contribution in [0, 0.1) is 0 Å². The molecule has 0 aliphatic carbocycles. The number of ether oxygens (including phenoxy) is 3. The Bertz CT molecular complexity index is 1540. The van der Waals surface area contributed by atoms with Crippen LogP contribution in [-0.4, -0.2) is 37.2 Å². The van der Waals surface area contributed by atoms with Gasteiger partial charge in [0.05, 0.1) is 0 Å². The molecule has 0 bridgehead atoms. The fraction of sp³-hybridized carbons (Fsp3) is 0.740. The third kappa shape index (κ3) is 65.0. The molecule has 1 atom stereocenters. The SMILES string of the molecule is CC/C=C\C/C=C\C/C=C\C/C=C\CCCCCCCCCCCCCCCCCCCCCCC(=O)OCC(COC(=O)CCCCCCC/C=C\CCCC)OC(=O)CCCCCCCCC/C=C\C/C=C\C/C=C\CC. The molecule has 0 aromatic carbocycles. The van der Waals surface area contributed by atoms with Gasteiger partial charge in [-0.2, -0.15) is 0 Å².